The molecule has 0 aliphatic rings. The standard InChI is InChI=1S/C26H23N3O3S/c1-16-11-17(2)13-21(12-16)29-25(32)22-9-4-5-10-23(22)28-26(29)33-15-24(31)27-20-8-6-7-19(14-20)18(3)30/h4-14H,15H2,1-3H3,(H,27,31). The number of carbonyl (C=O) groups excluding carboxylic acids is 2. The number of rotatable bonds is 6. The molecule has 1 heterocycles. The van der Waals surface area contributed by atoms with Crippen molar-refractivity contribution in [1.82, 2.24) is 9.55 Å². The summed E-state index contributed by atoms with van der Waals surface area (Å²) in [7, 11) is 0. The third kappa shape index (κ3) is 5.04. The van der Waals surface area contributed by atoms with Gasteiger partial charge in [-0.15, -0.1) is 0 Å². The molecule has 0 bridgehead atoms. The number of para-hydroxylation sites is 1. The number of hydrogen-bond donors (Lipinski definition) is 1. The van der Waals surface area contributed by atoms with Crippen molar-refractivity contribution in [1.29, 1.82) is 0 Å². The van der Waals surface area contributed by atoms with E-state index < -0.39 is 0 Å². The minimum absolute atomic E-state index is 0.0554. The highest BCUT2D eigenvalue weighted by Gasteiger charge is 2.15. The topological polar surface area (TPSA) is 81.1 Å². The number of thioether (sulfide) groups is 1. The largest absolute Gasteiger partial charge is 0.325 e. The lowest BCUT2D eigenvalue weighted by Crippen LogP contribution is -2.23. The van der Waals surface area contributed by atoms with E-state index in [0.717, 1.165) is 11.1 Å². The average Bonchev–Trinajstić information content (AvgIpc) is 2.77. The minimum atomic E-state index is -0.255. The molecule has 6 nitrogen and oxygen atoms in total. The molecule has 0 unspecified atom stereocenters. The highest BCUT2D eigenvalue weighted by atomic mass is 32.2. The van der Waals surface area contributed by atoms with Gasteiger partial charge in [-0.25, -0.2) is 4.98 Å². The Hall–Kier alpha value is -3.71. The molecular weight excluding hydrogens is 434 g/mol. The zero-order chi connectivity index (χ0) is 23.5. The second kappa shape index (κ2) is 9.42. The van der Waals surface area contributed by atoms with Gasteiger partial charge in [0.25, 0.3) is 5.56 Å². The summed E-state index contributed by atoms with van der Waals surface area (Å²) in [5.41, 5.74) is 4.26. The van der Waals surface area contributed by atoms with E-state index >= 15 is 0 Å². The van der Waals surface area contributed by atoms with Gasteiger partial charge in [0.1, 0.15) is 0 Å². The molecule has 0 radical (unpaired) electrons. The number of fused-ring (bicyclic) bond motifs is 1. The van der Waals surface area contributed by atoms with Crippen LogP contribution < -0.4 is 10.9 Å². The molecule has 7 heteroatoms. The Morgan fingerprint density at radius 2 is 1.70 bits per heavy atom. The van der Waals surface area contributed by atoms with Crippen molar-refractivity contribution >= 4 is 40.0 Å². The SMILES string of the molecule is CC(=O)c1cccc(NC(=O)CSc2nc3ccccc3c(=O)n2-c2cc(C)cc(C)c2)c1. The minimum Gasteiger partial charge on any atom is -0.325 e. The van der Waals surface area contributed by atoms with Crippen LogP contribution in [0.25, 0.3) is 16.6 Å². The van der Waals surface area contributed by atoms with Crippen molar-refractivity contribution < 1.29 is 9.59 Å². The van der Waals surface area contributed by atoms with Gasteiger partial charge in [0.15, 0.2) is 10.9 Å². The zero-order valence-electron chi connectivity index (χ0n) is 18.6. The monoisotopic (exact) mass is 457 g/mol. The van der Waals surface area contributed by atoms with E-state index in [1.54, 1.807) is 41.0 Å². The molecule has 0 fully saturated rings. The van der Waals surface area contributed by atoms with Gasteiger partial charge in [0.05, 0.1) is 22.3 Å². The molecule has 33 heavy (non-hydrogen) atoms. The fraction of sp³-hybridized carbons (Fsp3) is 0.154. The van der Waals surface area contributed by atoms with Crippen LogP contribution in [0.15, 0.2) is 76.7 Å². The number of anilines is 1. The maximum Gasteiger partial charge on any atom is 0.266 e. The number of aromatic nitrogens is 2. The Morgan fingerprint density at radius 3 is 2.42 bits per heavy atom. The van der Waals surface area contributed by atoms with Crippen molar-refractivity contribution in [3.63, 3.8) is 0 Å². The second-order valence-electron chi connectivity index (χ2n) is 7.87. The number of ketones is 1. The molecule has 1 aromatic heterocycles. The fourth-order valence-electron chi connectivity index (χ4n) is 3.66. The lowest BCUT2D eigenvalue weighted by molar-refractivity contribution is -0.113. The van der Waals surface area contributed by atoms with E-state index in [1.807, 2.05) is 44.2 Å². The quantitative estimate of drug-likeness (QED) is 0.252. The van der Waals surface area contributed by atoms with Gasteiger partial charge in [-0.3, -0.25) is 19.0 Å². The summed E-state index contributed by atoms with van der Waals surface area (Å²) in [4.78, 5) is 42.3. The Kier molecular flexibility index (Phi) is 6.42. The first-order valence-electron chi connectivity index (χ1n) is 10.5. The van der Waals surface area contributed by atoms with E-state index in [2.05, 4.69) is 10.3 Å². The molecule has 3 aromatic carbocycles. The first-order chi connectivity index (χ1) is 15.8. The van der Waals surface area contributed by atoms with E-state index in [1.165, 1.54) is 18.7 Å². The third-order valence-electron chi connectivity index (χ3n) is 5.09. The molecule has 0 aliphatic heterocycles. The summed E-state index contributed by atoms with van der Waals surface area (Å²) in [5, 5.41) is 3.77. The molecule has 1 amide bonds. The van der Waals surface area contributed by atoms with Crippen LogP contribution in [0.1, 0.15) is 28.4 Å². The summed E-state index contributed by atoms with van der Waals surface area (Å²) in [5.74, 6) is -0.270. The summed E-state index contributed by atoms with van der Waals surface area (Å²) in [6.07, 6.45) is 0. The van der Waals surface area contributed by atoms with Gasteiger partial charge < -0.3 is 5.32 Å². The Labute approximate surface area is 195 Å². The highest BCUT2D eigenvalue weighted by Crippen LogP contribution is 2.23. The molecule has 0 atom stereocenters. The van der Waals surface area contributed by atoms with Gasteiger partial charge in [-0.2, -0.15) is 0 Å². The van der Waals surface area contributed by atoms with Gasteiger partial charge in [-0.1, -0.05) is 42.1 Å². The smallest absolute Gasteiger partial charge is 0.266 e. The molecule has 0 saturated heterocycles. The van der Waals surface area contributed by atoms with Crippen LogP contribution in [0, 0.1) is 13.8 Å². The first kappa shape index (κ1) is 22.5. The lowest BCUT2D eigenvalue weighted by atomic mass is 10.1. The third-order valence-corrected chi connectivity index (χ3v) is 6.03. The lowest BCUT2D eigenvalue weighted by Gasteiger charge is -2.14. The molecule has 0 spiro atoms. The van der Waals surface area contributed by atoms with Gasteiger partial charge >= 0.3 is 0 Å². The van der Waals surface area contributed by atoms with Crippen molar-refractivity contribution in [2.75, 3.05) is 11.1 Å². The normalized spacial score (nSPS) is 10.9. The van der Waals surface area contributed by atoms with Gasteiger partial charge in [-0.05, 0) is 68.3 Å². The van der Waals surface area contributed by atoms with Crippen LogP contribution in [0.2, 0.25) is 0 Å². The average molecular weight is 458 g/mol. The van der Waals surface area contributed by atoms with Crippen molar-refractivity contribution in [2.45, 2.75) is 25.9 Å². The molecule has 4 rings (SSSR count). The van der Waals surface area contributed by atoms with Crippen LogP contribution in [-0.2, 0) is 4.79 Å². The predicted molar refractivity (Wildman–Crippen MR) is 133 cm³/mol. The maximum atomic E-state index is 13.4. The molecule has 0 aliphatic carbocycles. The van der Waals surface area contributed by atoms with Crippen molar-refractivity contribution in [3.05, 3.63) is 93.8 Å². The first-order valence-corrected chi connectivity index (χ1v) is 11.4. The van der Waals surface area contributed by atoms with E-state index in [-0.39, 0.29) is 23.0 Å². The summed E-state index contributed by atoms with van der Waals surface area (Å²) in [6, 6.07) is 19.9. The van der Waals surface area contributed by atoms with Gasteiger partial charge in [0, 0.05) is 11.3 Å². The Morgan fingerprint density at radius 1 is 0.970 bits per heavy atom. The van der Waals surface area contributed by atoms with Crippen LogP contribution in [0.4, 0.5) is 5.69 Å². The fourth-order valence-corrected chi connectivity index (χ4v) is 4.47. The summed E-state index contributed by atoms with van der Waals surface area (Å²) < 4.78 is 1.57. The van der Waals surface area contributed by atoms with Crippen LogP contribution >= 0.6 is 11.8 Å². The van der Waals surface area contributed by atoms with Crippen LogP contribution in [-0.4, -0.2) is 27.0 Å². The Balaban J connectivity index is 1.67. The number of aryl methyl sites for hydroxylation is 2. The van der Waals surface area contributed by atoms with E-state index in [9.17, 15) is 14.4 Å². The number of Topliss-reactive ketones (excluding diaryl/α,β-unsaturated/α-hetero) is 1. The predicted octanol–water partition coefficient (Wildman–Crippen LogP) is 4.94. The van der Waals surface area contributed by atoms with Crippen molar-refractivity contribution in [3.8, 4) is 5.69 Å². The van der Waals surface area contributed by atoms with Gasteiger partial charge in [0.2, 0.25) is 5.91 Å². The molecule has 0 saturated carbocycles. The van der Waals surface area contributed by atoms with Crippen LogP contribution in [0.5, 0.6) is 0 Å². The Bertz CT molecular complexity index is 1420. The molecule has 166 valence electrons. The van der Waals surface area contributed by atoms with Crippen LogP contribution in [0.3, 0.4) is 0 Å². The number of nitrogens with one attached hydrogen (secondary N) is 1. The van der Waals surface area contributed by atoms with E-state index in [4.69, 9.17) is 0 Å². The number of amides is 1. The maximum absolute atomic E-state index is 13.4. The summed E-state index contributed by atoms with van der Waals surface area (Å²) >= 11 is 1.19. The number of hydrogen-bond acceptors (Lipinski definition) is 5. The molecule has 1 N–H and O–H groups in total. The summed E-state index contributed by atoms with van der Waals surface area (Å²) in [6.45, 7) is 5.44. The second-order valence-corrected chi connectivity index (χ2v) is 8.81. The number of benzene rings is 3. The molecule has 4 aromatic rings. The highest BCUT2D eigenvalue weighted by molar-refractivity contribution is 7.99. The van der Waals surface area contributed by atoms with E-state index in [0.29, 0.717) is 33.0 Å². The van der Waals surface area contributed by atoms with Crippen molar-refractivity contribution in [2.24, 2.45) is 0 Å². The number of nitrogens with zero attached hydrogens (tertiary/aromatic N) is 2. The zero-order valence-corrected chi connectivity index (χ0v) is 19.4. The molecular formula is C26H23N3O3S. The number of carbonyl (C=O) groups is 2.